The van der Waals surface area contributed by atoms with Crippen molar-refractivity contribution in [3.05, 3.63) is 53.2 Å². The van der Waals surface area contributed by atoms with Gasteiger partial charge < -0.3 is 9.80 Å². The van der Waals surface area contributed by atoms with Gasteiger partial charge in [-0.1, -0.05) is 11.6 Å². The van der Waals surface area contributed by atoms with Crippen LogP contribution in [0.1, 0.15) is 25.2 Å². The highest BCUT2D eigenvalue weighted by Crippen LogP contribution is 2.43. The minimum Gasteiger partial charge on any atom is -0.354 e. The minimum atomic E-state index is 0.307. The molecule has 0 unspecified atom stereocenters. The molecule has 1 spiro atoms. The van der Waals surface area contributed by atoms with Gasteiger partial charge in [0, 0.05) is 61.6 Å². The quantitative estimate of drug-likeness (QED) is 0.625. The zero-order chi connectivity index (χ0) is 21.2. The van der Waals surface area contributed by atoms with Gasteiger partial charge in [0.05, 0.1) is 18.4 Å². The van der Waals surface area contributed by atoms with E-state index >= 15 is 0 Å². The standard InChI is InChI=1S/C22H25ClN8/c1-15(2)28-9-16-7-17(23)3-4-18(16)31-20(10-28)26-27-21(31)30-13-22(14-30)11-29(12-22)19-8-24-5-6-25-19/h3-8,15H,9-14H2,1-2H3. The highest BCUT2D eigenvalue weighted by Gasteiger charge is 2.53. The summed E-state index contributed by atoms with van der Waals surface area (Å²) in [6.45, 7) is 10.1. The van der Waals surface area contributed by atoms with E-state index in [1.807, 2.05) is 12.3 Å². The molecule has 3 aliphatic heterocycles. The SMILES string of the molecule is CC(C)N1Cc2cc(Cl)ccc2-n2c(nnc2N2CC3(CN(c4cnccn4)C3)C2)C1. The van der Waals surface area contributed by atoms with E-state index in [9.17, 15) is 0 Å². The third kappa shape index (κ3) is 3.08. The van der Waals surface area contributed by atoms with Gasteiger partial charge in [0.15, 0.2) is 5.82 Å². The fourth-order valence-corrected chi connectivity index (χ4v) is 5.26. The van der Waals surface area contributed by atoms with Gasteiger partial charge in [-0.3, -0.25) is 14.5 Å². The first kappa shape index (κ1) is 19.0. The van der Waals surface area contributed by atoms with Gasteiger partial charge in [0.25, 0.3) is 0 Å². The Hall–Kier alpha value is -2.71. The second-order valence-corrected chi connectivity index (χ2v) is 9.74. The van der Waals surface area contributed by atoms with E-state index in [1.165, 1.54) is 5.56 Å². The summed E-state index contributed by atoms with van der Waals surface area (Å²) >= 11 is 6.34. The van der Waals surface area contributed by atoms with Crippen LogP contribution in [-0.2, 0) is 13.1 Å². The van der Waals surface area contributed by atoms with Crippen molar-refractivity contribution in [2.75, 3.05) is 36.0 Å². The Balaban J connectivity index is 1.26. The van der Waals surface area contributed by atoms with Crippen LogP contribution < -0.4 is 9.80 Å². The number of anilines is 2. The second kappa shape index (κ2) is 6.90. The smallest absolute Gasteiger partial charge is 0.231 e. The normalized spacial score (nSPS) is 19.6. The Kier molecular flexibility index (Phi) is 4.23. The van der Waals surface area contributed by atoms with E-state index in [2.05, 4.69) is 65.4 Å². The molecular weight excluding hydrogens is 412 g/mol. The van der Waals surface area contributed by atoms with E-state index in [0.29, 0.717) is 11.5 Å². The zero-order valence-corrected chi connectivity index (χ0v) is 18.5. The summed E-state index contributed by atoms with van der Waals surface area (Å²) in [7, 11) is 0. The van der Waals surface area contributed by atoms with E-state index in [-0.39, 0.29) is 0 Å². The molecule has 8 nitrogen and oxygen atoms in total. The Labute approximate surface area is 186 Å². The molecule has 160 valence electrons. The van der Waals surface area contributed by atoms with Gasteiger partial charge in [0.1, 0.15) is 5.82 Å². The summed E-state index contributed by atoms with van der Waals surface area (Å²) in [5.41, 5.74) is 2.66. The van der Waals surface area contributed by atoms with Crippen molar-refractivity contribution in [1.29, 1.82) is 0 Å². The first-order chi connectivity index (χ1) is 15.0. The topological polar surface area (TPSA) is 66.2 Å². The van der Waals surface area contributed by atoms with E-state index in [1.54, 1.807) is 12.4 Å². The van der Waals surface area contributed by atoms with Crippen LogP contribution in [-0.4, -0.2) is 61.9 Å². The van der Waals surface area contributed by atoms with E-state index in [4.69, 9.17) is 11.6 Å². The number of fused-ring (bicyclic) bond motifs is 3. The maximum absolute atomic E-state index is 6.34. The predicted molar refractivity (Wildman–Crippen MR) is 120 cm³/mol. The third-order valence-electron chi connectivity index (χ3n) is 6.71. The first-order valence-corrected chi connectivity index (χ1v) is 11.1. The highest BCUT2D eigenvalue weighted by molar-refractivity contribution is 6.30. The maximum atomic E-state index is 6.34. The lowest BCUT2D eigenvalue weighted by molar-refractivity contribution is 0.153. The highest BCUT2D eigenvalue weighted by atomic mass is 35.5. The number of hydrogen-bond acceptors (Lipinski definition) is 7. The van der Waals surface area contributed by atoms with E-state index < -0.39 is 0 Å². The lowest BCUT2D eigenvalue weighted by Crippen LogP contribution is -2.73. The van der Waals surface area contributed by atoms with Gasteiger partial charge in [-0.25, -0.2) is 4.98 Å². The number of hydrogen-bond donors (Lipinski definition) is 0. The summed E-state index contributed by atoms with van der Waals surface area (Å²) in [6, 6.07) is 6.55. The average Bonchev–Trinajstić information content (AvgIpc) is 3.02. The molecule has 0 saturated carbocycles. The molecule has 0 bridgehead atoms. The Morgan fingerprint density at radius 2 is 1.81 bits per heavy atom. The van der Waals surface area contributed by atoms with Gasteiger partial charge in [-0.15, -0.1) is 10.2 Å². The van der Waals surface area contributed by atoms with Crippen molar-refractivity contribution in [2.24, 2.45) is 5.41 Å². The molecule has 31 heavy (non-hydrogen) atoms. The lowest BCUT2D eigenvalue weighted by atomic mass is 9.73. The molecule has 0 radical (unpaired) electrons. The zero-order valence-electron chi connectivity index (χ0n) is 17.7. The molecule has 2 aromatic heterocycles. The summed E-state index contributed by atoms with van der Waals surface area (Å²) in [6.07, 6.45) is 5.31. The number of rotatable bonds is 3. The molecule has 6 rings (SSSR count). The fourth-order valence-electron chi connectivity index (χ4n) is 5.07. The van der Waals surface area contributed by atoms with Crippen molar-refractivity contribution < 1.29 is 0 Å². The summed E-state index contributed by atoms with van der Waals surface area (Å²) < 4.78 is 2.24. The summed E-state index contributed by atoms with van der Waals surface area (Å²) in [4.78, 5) is 15.7. The molecule has 3 aliphatic rings. The van der Waals surface area contributed by atoms with Gasteiger partial charge in [-0.05, 0) is 37.6 Å². The number of benzene rings is 1. The largest absolute Gasteiger partial charge is 0.354 e. The molecule has 2 fully saturated rings. The second-order valence-electron chi connectivity index (χ2n) is 9.30. The molecular formula is C22H25ClN8. The van der Waals surface area contributed by atoms with E-state index in [0.717, 1.165) is 67.6 Å². The van der Waals surface area contributed by atoms with Crippen LogP contribution in [0.25, 0.3) is 5.69 Å². The number of halogens is 1. The lowest BCUT2D eigenvalue weighted by Gasteiger charge is -2.60. The van der Waals surface area contributed by atoms with Crippen LogP contribution in [0.15, 0.2) is 36.8 Å². The van der Waals surface area contributed by atoms with Crippen LogP contribution in [0.4, 0.5) is 11.8 Å². The van der Waals surface area contributed by atoms with Gasteiger partial charge in [0.2, 0.25) is 5.95 Å². The van der Waals surface area contributed by atoms with Crippen LogP contribution >= 0.6 is 11.6 Å². The summed E-state index contributed by atoms with van der Waals surface area (Å²) in [5.74, 6) is 2.88. The molecule has 1 aromatic carbocycles. The molecule has 0 atom stereocenters. The Morgan fingerprint density at radius 1 is 1.00 bits per heavy atom. The molecule has 9 heteroatoms. The predicted octanol–water partition coefficient (Wildman–Crippen LogP) is 2.76. The molecule has 0 amide bonds. The fraction of sp³-hybridized carbons (Fsp3) is 0.455. The minimum absolute atomic E-state index is 0.307. The molecule has 5 heterocycles. The van der Waals surface area contributed by atoms with Crippen LogP contribution in [0.2, 0.25) is 5.02 Å². The first-order valence-electron chi connectivity index (χ1n) is 10.7. The molecule has 3 aromatic rings. The van der Waals surface area contributed by atoms with Crippen LogP contribution in [0, 0.1) is 5.41 Å². The van der Waals surface area contributed by atoms with Crippen molar-refractivity contribution in [3.63, 3.8) is 0 Å². The van der Waals surface area contributed by atoms with Crippen molar-refractivity contribution in [3.8, 4) is 5.69 Å². The monoisotopic (exact) mass is 436 g/mol. The average molecular weight is 437 g/mol. The van der Waals surface area contributed by atoms with Crippen LogP contribution in [0.5, 0.6) is 0 Å². The molecule has 0 N–H and O–H groups in total. The third-order valence-corrected chi connectivity index (χ3v) is 6.94. The van der Waals surface area contributed by atoms with Gasteiger partial charge in [-0.2, -0.15) is 0 Å². The maximum Gasteiger partial charge on any atom is 0.231 e. The number of aromatic nitrogens is 5. The number of nitrogens with zero attached hydrogens (tertiary/aromatic N) is 8. The van der Waals surface area contributed by atoms with Gasteiger partial charge >= 0.3 is 0 Å². The Morgan fingerprint density at radius 3 is 2.55 bits per heavy atom. The summed E-state index contributed by atoms with van der Waals surface area (Å²) in [5, 5.41) is 9.98. The van der Waals surface area contributed by atoms with Crippen molar-refractivity contribution >= 4 is 23.4 Å². The van der Waals surface area contributed by atoms with Crippen molar-refractivity contribution in [1.82, 2.24) is 29.6 Å². The Bertz CT molecular complexity index is 1110. The van der Waals surface area contributed by atoms with Crippen molar-refractivity contribution in [2.45, 2.75) is 33.0 Å². The van der Waals surface area contributed by atoms with Crippen LogP contribution in [0.3, 0.4) is 0 Å². The molecule has 2 saturated heterocycles. The molecule has 0 aliphatic carbocycles.